The van der Waals surface area contributed by atoms with Crippen molar-refractivity contribution in [3.8, 4) is 84.8 Å². The Morgan fingerprint density at radius 2 is 0.569 bits per heavy atom. The van der Waals surface area contributed by atoms with Gasteiger partial charge in [-0.05, 0) is 70.8 Å². The third-order valence-corrected chi connectivity index (χ3v) is 13.6. The highest BCUT2D eigenvalue weighted by atomic mass is 31.2. The molecule has 0 unspecified atom stereocenters. The molecule has 0 N–H and O–H groups in total. The standard InChI is InChI=1S/C62H46O8P2/c1-64-49-42-43-55(61(44-49)70-72(67-58-39-21-16-34-52(58)47-28-10-4-11-29-47)68-59-40-22-17-35-53(59)48-30-12-5-13-31-48)62(63)54-36-18-23-41-60(54)69-71(65-56-37-19-14-32-50(56)45-24-6-2-7-25-45)66-57-38-20-15-33-51(57)46-26-8-3-9-27-46/h2-44H,1H3. The van der Waals surface area contributed by atoms with E-state index < -0.39 is 23.0 Å². The molecule has 0 aliphatic carbocycles. The number of hydrogen-bond acceptors (Lipinski definition) is 8. The number of hydrogen-bond donors (Lipinski definition) is 0. The third-order valence-electron chi connectivity index (χ3n) is 11.5. The smallest absolute Gasteiger partial charge is 0.497 e. The summed E-state index contributed by atoms with van der Waals surface area (Å²) in [5.74, 6) is 2.57. The Balaban J connectivity index is 1.02. The molecule has 10 aromatic rings. The lowest BCUT2D eigenvalue weighted by Crippen LogP contribution is -2.10. The van der Waals surface area contributed by atoms with Crippen molar-refractivity contribution in [1.29, 1.82) is 0 Å². The van der Waals surface area contributed by atoms with E-state index in [4.69, 9.17) is 31.9 Å². The van der Waals surface area contributed by atoms with Gasteiger partial charge in [-0.25, -0.2) is 0 Å². The van der Waals surface area contributed by atoms with Crippen molar-refractivity contribution in [3.05, 3.63) is 272 Å². The molecule has 0 heterocycles. The first kappa shape index (κ1) is 47.0. The summed E-state index contributed by atoms with van der Waals surface area (Å²) >= 11 is 0. The molecular formula is C62H46O8P2. The summed E-state index contributed by atoms with van der Waals surface area (Å²) in [6, 6.07) is 82.7. The molecule has 72 heavy (non-hydrogen) atoms. The number of carbonyl (C=O) groups excluding carboxylic acids is 1. The van der Waals surface area contributed by atoms with Crippen LogP contribution in [0.5, 0.6) is 40.2 Å². The zero-order valence-electron chi connectivity index (χ0n) is 39.0. The molecule has 0 aliphatic heterocycles. The molecule has 0 saturated heterocycles. The van der Waals surface area contributed by atoms with Gasteiger partial charge in [0.05, 0.1) is 18.2 Å². The minimum Gasteiger partial charge on any atom is -0.497 e. The van der Waals surface area contributed by atoms with Crippen LogP contribution in [0.2, 0.25) is 0 Å². The number of para-hydroxylation sites is 5. The summed E-state index contributed by atoms with van der Waals surface area (Å²) < 4.78 is 46.5. The predicted molar refractivity (Wildman–Crippen MR) is 288 cm³/mol. The van der Waals surface area contributed by atoms with E-state index in [0.717, 1.165) is 44.5 Å². The molecule has 8 nitrogen and oxygen atoms in total. The summed E-state index contributed by atoms with van der Waals surface area (Å²) in [7, 11) is -3.06. The Morgan fingerprint density at radius 3 is 0.931 bits per heavy atom. The molecule has 10 heteroatoms. The Hall–Kier alpha value is -8.67. The van der Waals surface area contributed by atoms with Crippen LogP contribution >= 0.6 is 17.2 Å². The Labute approximate surface area is 421 Å². The molecule has 10 rings (SSSR count). The van der Waals surface area contributed by atoms with Crippen molar-refractivity contribution in [2.75, 3.05) is 7.11 Å². The first-order valence-electron chi connectivity index (χ1n) is 23.2. The molecule has 0 atom stereocenters. The summed E-state index contributed by atoms with van der Waals surface area (Å²) in [4.78, 5) is 15.3. The van der Waals surface area contributed by atoms with Gasteiger partial charge >= 0.3 is 17.2 Å². The fourth-order valence-electron chi connectivity index (χ4n) is 7.98. The molecule has 10 aromatic carbocycles. The van der Waals surface area contributed by atoms with E-state index in [-0.39, 0.29) is 22.6 Å². The highest BCUT2D eigenvalue weighted by Gasteiger charge is 2.30. The van der Waals surface area contributed by atoms with Crippen molar-refractivity contribution < 1.29 is 36.7 Å². The number of rotatable bonds is 19. The van der Waals surface area contributed by atoms with Crippen molar-refractivity contribution in [3.63, 3.8) is 0 Å². The lowest BCUT2D eigenvalue weighted by molar-refractivity contribution is 0.103. The second-order valence-electron chi connectivity index (χ2n) is 16.1. The Morgan fingerprint density at radius 1 is 0.292 bits per heavy atom. The normalized spacial score (nSPS) is 10.9. The van der Waals surface area contributed by atoms with Gasteiger partial charge in [-0.1, -0.05) is 206 Å². The SMILES string of the molecule is COc1ccc(C(=O)c2ccccc2OP(Oc2ccccc2-c2ccccc2)Oc2ccccc2-c2ccccc2)c(OP(Oc2ccccc2-c2ccccc2)Oc2ccccc2-c2ccccc2)c1. The van der Waals surface area contributed by atoms with Crippen molar-refractivity contribution in [1.82, 2.24) is 0 Å². The summed E-state index contributed by atoms with van der Waals surface area (Å²) in [6.07, 6.45) is 0. The van der Waals surface area contributed by atoms with E-state index in [2.05, 4.69) is 0 Å². The van der Waals surface area contributed by atoms with Gasteiger partial charge in [0.1, 0.15) is 40.2 Å². The Bertz CT molecular complexity index is 3220. The topological polar surface area (TPSA) is 81.7 Å². The number of benzene rings is 10. The van der Waals surface area contributed by atoms with Crippen LogP contribution in [0.25, 0.3) is 44.5 Å². The molecule has 0 fully saturated rings. The minimum atomic E-state index is -2.33. The molecule has 0 amide bonds. The van der Waals surface area contributed by atoms with Gasteiger partial charge in [-0.3, -0.25) is 4.79 Å². The zero-order chi connectivity index (χ0) is 48.9. The predicted octanol–water partition coefficient (Wildman–Crippen LogP) is 17.1. The molecule has 0 radical (unpaired) electrons. The monoisotopic (exact) mass is 980 g/mol. The molecule has 0 aromatic heterocycles. The van der Waals surface area contributed by atoms with Crippen molar-refractivity contribution in [2.24, 2.45) is 0 Å². The fraction of sp³-hybridized carbons (Fsp3) is 0.0161. The molecular weight excluding hydrogens is 935 g/mol. The van der Waals surface area contributed by atoms with Gasteiger partial charge in [-0.2, -0.15) is 0 Å². The number of carbonyl (C=O) groups is 1. The average Bonchev–Trinajstić information content (AvgIpc) is 3.44. The van der Waals surface area contributed by atoms with Crippen LogP contribution < -0.4 is 31.9 Å². The van der Waals surface area contributed by atoms with Crippen molar-refractivity contribution in [2.45, 2.75) is 0 Å². The van der Waals surface area contributed by atoms with Crippen LogP contribution in [0, 0.1) is 0 Å². The molecule has 0 saturated carbocycles. The number of ether oxygens (including phenoxy) is 1. The Kier molecular flexibility index (Phi) is 14.9. The summed E-state index contributed by atoms with van der Waals surface area (Å²) in [5.41, 5.74) is 7.59. The first-order chi connectivity index (χ1) is 35.6. The maximum atomic E-state index is 15.3. The molecule has 0 bridgehead atoms. The summed E-state index contributed by atoms with van der Waals surface area (Å²) in [5, 5.41) is 0. The zero-order valence-corrected chi connectivity index (χ0v) is 40.8. The van der Waals surface area contributed by atoms with Crippen LogP contribution in [-0.2, 0) is 0 Å². The van der Waals surface area contributed by atoms with E-state index in [1.807, 2.05) is 218 Å². The van der Waals surface area contributed by atoms with E-state index in [1.54, 1.807) is 49.6 Å². The van der Waals surface area contributed by atoms with Gasteiger partial charge in [0, 0.05) is 28.3 Å². The number of ketones is 1. The maximum absolute atomic E-state index is 15.3. The highest BCUT2D eigenvalue weighted by Crippen LogP contribution is 2.51. The quantitative estimate of drug-likeness (QED) is 0.0585. The minimum absolute atomic E-state index is 0.165. The molecule has 0 aliphatic rings. The number of methoxy groups -OCH3 is 1. The van der Waals surface area contributed by atoms with Crippen LogP contribution in [0.4, 0.5) is 0 Å². The lowest BCUT2D eigenvalue weighted by Gasteiger charge is -2.23. The van der Waals surface area contributed by atoms with E-state index in [9.17, 15) is 0 Å². The van der Waals surface area contributed by atoms with Gasteiger partial charge in [-0.15, -0.1) is 0 Å². The summed E-state index contributed by atoms with van der Waals surface area (Å²) in [6.45, 7) is 0. The van der Waals surface area contributed by atoms with Gasteiger partial charge in [0.15, 0.2) is 0 Å². The van der Waals surface area contributed by atoms with Gasteiger partial charge in [0.25, 0.3) is 0 Å². The molecule has 0 spiro atoms. The van der Waals surface area contributed by atoms with E-state index in [0.29, 0.717) is 28.7 Å². The fourth-order valence-corrected chi connectivity index (χ4v) is 10.1. The highest BCUT2D eigenvalue weighted by molar-refractivity contribution is 7.43. The first-order valence-corrected chi connectivity index (χ1v) is 25.3. The average molecular weight is 981 g/mol. The second kappa shape index (κ2) is 22.8. The van der Waals surface area contributed by atoms with Crippen LogP contribution in [0.15, 0.2) is 261 Å². The van der Waals surface area contributed by atoms with E-state index >= 15 is 4.79 Å². The maximum Gasteiger partial charge on any atom is 0.530 e. The van der Waals surface area contributed by atoms with E-state index in [1.165, 1.54) is 0 Å². The lowest BCUT2D eigenvalue weighted by atomic mass is 10.0. The largest absolute Gasteiger partial charge is 0.530 e. The second-order valence-corrected chi connectivity index (χ2v) is 18.1. The third kappa shape index (κ3) is 11.2. The molecule has 352 valence electrons. The van der Waals surface area contributed by atoms with Crippen LogP contribution in [-0.4, -0.2) is 12.9 Å². The van der Waals surface area contributed by atoms with Crippen LogP contribution in [0.3, 0.4) is 0 Å². The van der Waals surface area contributed by atoms with Gasteiger partial charge < -0.3 is 31.9 Å². The van der Waals surface area contributed by atoms with Crippen molar-refractivity contribution >= 4 is 23.0 Å². The van der Waals surface area contributed by atoms with Crippen LogP contribution in [0.1, 0.15) is 15.9 Å². The van der Waals surface area contributed by atoms with Gasteiger partial charge in [0.2, 0.25) is 5.78 Å².